The van der Waals surface area contributed by atoms with Gasteiger partial charge >= 0.3 is 0 Å². The molecule has 1 atom stereocenters. The van der Waals surface area contributed by atoms with Crippen molar-refractivity contribution in [3.63, 3.8) is 0 Å². The second-order valence-electron chi connectivity index (χ2n) is 4.07. The second-order valence-corrected chi connectivity index (χ2v) is 4.47. The van der Waals surface area contributed by atoms with Crippen molar-refractivity contribution in [3.8, 4) is 5.75 Å². The van der Waals surface area contributed by atoms with E-state index in [4.69, 9.17) is 22.1 Å². The molecule has 0 spiro atoms. The van der Waals surface area contributed by atoms with Crippen molar-refractivity contribution in [2.45, 2.75) is 39.8 Å². The van der Waals surface area contributed by atoms with Gasteiger partial charge in [-0.25, -0.2) is 0 Å². The number of amides is 1. The highest BCUT2D eigenvalue weighted by molar-refractivity contribution is 6.32. The Bertz CT molecular complexity index is 449. The highest BCUT2D eigenvalue weighted by Gasteiger charge is 2.22. The van der Waals surface area contributed by atoms with Crippen molar-refractivity contribution < 1.29 is 9.53 Å². The molecule has 5 heteroatoms. The molecule has 1 heterocycles. The average Bonchev–Trinajstić information content (AvgIpc) is 2.63. The lowest BCUT2D eigenvalue weighted by Crippen LogP contribution is -2.43. The average molecular weight is 285 g/mol. The maximum absolute atomic E-state index is 11.1. The maximum atomic E-state index is 11.1. The first-order valence-electron chi connectivity index (χ1n) is 6.58. The fourth-order valence-corrected chi connectivity index (χ4v) is 2.17. The number of primary amides is 1. The Morgan fingerprint density at radius 2 is 2.21 bits per heavy atom. The summed E-state index contributed by atoms with van der Waals surface area (Å²) >= 11 is 6.16. The highest BCUT2D eigenvalue weighted by Crippen LogP contribution is 2.32. The van der Waals surface area contributed by atoms with E-state index in [0.29, 0.717) is 17.3 Å². The Labute approximate surface area is 119 Å². The van der Waals surface area contributed by atoms with Crippen LogP contribution >= 0.6 is 11.6 Å². The molecular weight excluding hydrogens is 264 g/mol. The van der Waals surface area contributed by atoms with E-state index in [0.717, 1.165) is 17.5 Å². The first-order valence-corrected chi connectivity index (χ1v) is 6.96. The number of carbonyl (C=O) groups excluding carboxylic acids is 1. The van der Waals surface area contributed by atoms with Gasteiger partial charge < -0.3 is 10.5 Å². The van der Waals surface area contributed by atoms with Crippen molar-refractivity contribution >= 4 is 17.5 Å². The second kappa shape index (κ2) is 7.36. The Balaban J connectivity index is 0.000000861. The number of halogens is 1. The molecule has 0 aromatic heterocycles. The van der Waals surface area contributed by atoms with Gasteiger partial charge in [0, 0.05) is 12.1 Å². The molecule has 0 bridgehead atoms. The van der Waals surface area contributed by atoms with Crippen molar-refractivity contribution in [1.29, 1.82) is 0 Å². The van der Waals surface area contributed by atoms with Gasteiger partial charge in [0.05, 0.1) is 5.02 Å². The Morgan fingerprint density at radius 3 is 2.79 bits per heavy atom. The molecule has 0 aliphatic carbocycles. The summed E-state index contributed by atoms with van der Waals surface area (Å²) in [7, 11) is 0. The Kier molecular flexibility index (Phi) is 6.12. The van der Waals surface area contributed by atoms with Crippen molar-refractivity contribution in [3.05, 3.63) is 28.3 Å². The summed E-state index contributed by atoms with van der Waals surface area (Å²) in [6, 6.07) is 3.46. The van der Waals surface area contributed by atoms with Crippen LogP contribution < -0.4 is 15.8 Å². The van der Waals surface area contributed by atoms with Crippen LogP contribution in [0.25, 0.3) is 0 Å². The predicted octanol–water partition coefficient (Wildman–Crippen LogP) is 2.26. The van der Waals surface area contributed by atoms with E-state index in [1.165, 1.54) is 0 Å². The highest BCUT2D eigenvalue weighted by atomic mass is 35.5. The van der Waals surface area contributed by atoms with E-state index in [1.54, 1.807) is 0 Å². The first kappa shape index (κ1) is 15.8. The Hall–Kier alpha value is -1.26. The SMILES string of the molecule is CC.CCc1cc(Cl)c2c(c1)CNC(C(N)=O)CO2. The van der Waals surface area contributed by atoms with Crippen LogP contribution in [0.1, 0.15) is 31.9 Å². The molecule has 1 aromatic carbocycles. The summed E-state index contributed by atoms with van der Waals surface area (Å²) in [6.45, 7) is 6.82. The molecule has 0 saturated heterocycles. The van der Waals surface area contributed by atoms with E-state index in [-0.39, 0.29) is 6.61 Å². The van der Waals surface area contributed by atoms with Crippen LogP contribution in [0.4, 0.5) is 0 Å². The monoisotopic (exact) mass is 284 g/mol. The number of carbonyl (C=O) groups is 1. The van der Waals surface area contributed by atoms with Crippen molar-refractivity contribution in [2.24, 2.45) is 5.73 Å². The summed E-state index contributed by atoms with van der Waals surface area (Å²) < 4.78 is 5.56. The molecule has 1 unspecified atom stereocenters. The number of ether oxygens (including phenoxy) is 1. The molecule has 3 N–H and O–H groups in total. The normalized spacial score (nSPS) is 17.4. The maximum Gasteiger partial charge on any atom is 0.238 e. The van der Waals surface area contributed by atoms with Gasteiger partial charge in [-0.2, -0.15) is 0 Å². The number of aryl methyl sites for hydroxylation is 1. The topological polar surface area (TPSA) is 64.3 Å². The number of fused-ring (bicyclic) bond motifs is 1. The number of hydrogen-bond donors (Lipinski definition) is 2. The van der Waals surface area contributed by atoms with Gasteiger partial charge in [0.25, 0.3) is 0 Å². The molecule has 4 nitrogen and oxygen atoms in total. The lowest BCUT2D eigenvalue weighted by molar-refractivity contribution is -0.120. The number of rotatable bonds is 2. The van der Waals surface area contributed by atoms with Crippen LogP contribution in [0, 0.1) is 0 Å². The van der Waals surface area contributed by atoms with Crippen molar-refractivity contribution in [1.82, 2.24) is 5.32 Å². The third kappa shape index (κ3) is 3.85. The summed E-state index contributed by atoms with van der Waals surface area (Å²) in [4.78, 5) is 11.1. The predicted molar refractivity (Wildman–Crippen MR) is 77.5 cm³/mol. The third-order valence-electron chi connectivity index (χ3n) is 2.87. The van der Waals surface area contributed by atoms with E-state index in [1.807, 2.05) is 26.0 Å². The quantitative estimate of drug-likeness (QED) is 0.876. The number of nitrogens with one attached hydrogen (secondary N) is 1. The molecular formula is C14H21ClN2O2. The molecule has 106 valence electrons. The van der Waals surface area contributed by atoms with E-state index in [2.05, 4.69) is 12.2 Å². The molecule has 1 aliphatic rings. The zero-order valence-corrected chi connectivity index (χ0v) is 12.4. The standard InChI is InChI=1S/C12H15ClN2O2.C2H6/c1-2-7-3-8-5-15-10(12(14)16)6-17-11(8)9(13)4-7;1-2/h3-4,10,15H,2,5-6H2,1H3,(H2,14,16);1-2H3. The van der Waals surface area contributed by atoms with Crippen LogP contribution in [-0.2, 0) is 17.8 Å². The number of hydrogen-bond acceptors (Lipinski definition) is 3. The summed E-state index contributed by atoms with van der Waals surface area (Å²) in [5, 5.41) is 3.65. The summed E-state index contributed by atoms with van der Waals surface area (Å²) in [5.41, 5.74) is 7.37. The van der Waals surface area contributed by atoms with Gasteiger partial charge in [-0.3, -0.25) is 10.1 Å². The van der Waals surface area contributed by atoms with Gasteiger partial charge in [-0.05, 0) is 18.1 Å². The lowest BCUT2D eigenvalue weighted by Gasteiger charge is -2.11. The van der Waals surface area contributed by atoms with Crippen LogP contribution in [0.2, 0.25) is 5.02 Å². The summed E-state index contributed by atoms with van der Waals surface area (Å²) in [5.74, 6) is 0.241. The molecule has 0 radical (unpaired) electrons. The zero-order valence-electron chi connectivity index (χ0n) is 11.6. The molecule has 19 heavy (non-hydrogen) atoms. The lowest BCUT2D eigenvalue weighted by atomic mass is 10.1. The molecule has 1 aliphatic heterocycles. The van der Waals surface area contributed by atoms with Gasteiger partial charge in [-0.15, -0.1) is 0 Å². The molecule has 1 aromatic rings. The first-order chi connectivity index (χ1) is 9.11. The zero-order chi connectivity index (χ0) is 14.4. The Morgan fingerprint density at radius 1 is 1.53 bits per heavy atom. The van der Waals surface area contributed by atoms with E-state index >= 15 is 0 Å². The minimum absolute atomic E-state index is 0.216. The number of nitrogens with two attached hydrogens (primary N) is 1. The van der Waals surface area contributed by atoms with Gasteiger partial charge in [0.1, 0.15) is 18.4 Å². The van der Waals surface area contributed by atoms with Crippen LogP contribution in [0.3, 0.4) is 0 Å². The molecule has 2 rings (SSSR count). The van der Waals surface area contributed by atoms with E-state index in [9.17, 15) is 4.79 Å². The van der Waals surface area contributed by atoms with Gasteiger partial charge in [0.15, 0.2) is 0 Å². The minimum atomic E-state index is -0.469. The molecule has 0 fully saturated rings. The smallest absolute Gasteiger partial charge is 0.238 e. The minimum Gasteiger partial charge on any atom is -0.489 e. The van der Waals surface area contributed by atoms with Crippen LogP contribution in [0.15, 0.2) is 12.1 Å². The molecule has 0 saturated carbocycles. The van der Waals surface area contributed by atoms with Gasteiger partial charge in [-0.1, -0.05) is 38.4 Å². The fraction of sp³-hybridized carbons (Fsp3) is 0.500. The molecule has 1 amide bonds. The third-order valence-corrected chi connectivity index (χ3v) is 3.15. The van der Waals surface area contributed by atoms with Crippen molar-refractivity contribution in [2.75, 3.05) is 6.61 Å². The van der Waals surface area contributed by atoms with Crippen LogP contribution in [0.5, 0.6) is 5.75 Å². The van der Waals surface area contributed by atoms with Gasteiger partial charge in [0.2, 0.25) is 5.91 Å². The fourth-order valence-electron chi connectivity index (χ4n) is 1.85. The largest absolute Gasteiger partial charge is 0.489 e. The summed E-state index contributed by atoms with van der Waals surface area (Å²) in [6.07, 6.45) is 0.909. The van der Waals surface area contributed by atoms with E-state index < -0.39 is 11.9 Å². The number of benzene rings is 1. The van der Waals surface area contributed by atoms with Crippen LogP contribution in [-0.4, -0.2) is 18.6 Å².